The van der Waals surface area contributed by atoms with Gasteiger partial charge >= 0.3 is 0 Å². The summed E-state index contributed by atoms with van der Waals surface area (Å²) < 4.78 is 16.5. The van der Waals surface area contributed by atoms with Crippen LogP contribution in [0.15, 0.2) is 66.2 Å². The molecule has 4 aromatic rings. The number of hydrogen-bond donors (Lipinski definition) is 1. The number of nitrogens with zero attached hydrogens (tertiary/aromatic N) is 6. The molecule has 0 spiro atoms. The van der Waals surface area contributed by atoms with Crippen LogP contribution in [0.2, 0.25) is 0 Å². The Morgan fingerprint density at radius 1 is 1.07 bits per heavy atom. The molecule has 28 heavy (non-hydrogen) atoms. The number of anilines is 1. The number of rotatable bonds is 5. The molecule has 1 amide bonds. The molecule has 2 heterocycles. The van der Waals surface area contributed by atoms with Gasteiger partial charge in [-0.3, -0.25) is 9.36 Å². The molecule has 2 aromatic heterocycles. The summed E-state index contributed by atoms with van der Waals surface area (Å²) in [5.41, 5.74) is 2.38. The number of carbonyl (C=O) groups excluding carboxylic acids is 1. The van der Waals surface area contributed by atoms with Gasteiger partial charge in [0.2, 0.25) is 0 Å². The summed E-state index contributed by atoms with van der Waals surface area (Å²) >= 11 is 1.40. The molecule has 8 nitrogen and oxygen atoms in total. The monoisotopic (exact) mass is 395 g/mol. The second-order valence-electron chi connectivity index (χ2n) is 5.70. The van der Waals surface area contributed by atoms with E-state index in [1.54, 1.807) is 41.0 Å². The molecule has 0 fully saturated rings. The van der Waals surface area contributed by atoms with Crippen molar-refractivity contribution in [1.82, 2.24) is 29.8 Å². The predicted molar refractivity (Wildman–Crippen MR) is 102 cm³/mol. The molecule has 1 N–H and O–H groups in total. The maximum atomic E-state index is 13.3. The van der Waals surface area contributed by atoms with E-state index in [2.05, 4.69) is 25.8 Å². The third-order valence-corrected chi connectivity index (χ3v) is 4.62. The normalized spacial score (nSPS) is 10.8. The number of carbonyl (C=O) groups is 1. The van der Waals surface area contributed by atoms with Crippen LogP contribution in [-0.2, 0) is 0 Å². The number of amides is 1. The Kier molecular flexibility index (Phi) is 4.85. The van der Waals surface area contributed by atoms with Crippen LogP contribution in [0.5, 0.6) is 0 Å². The van der Waals surface area contributed by atoms with Crippen molar-refractivity contribution < 1.29 is 9.18 Å². The highest BCUT2D eigenvalue weighted by Gasteiger charge is 2.18. The Balaban J connectivity index is 1.60. The first-order chi connectivity index (χ1) is 13.7. The van der Waals surface area contributed by atoms with Crippen LogP contribution in [0.25, 0.3) is 11.4 Å². The largest absolute Gasteiger partial charge is 0.321 e. The van der Waals surface area contributed by atoms with Gasteiger partial charge in [-0.05, 0) is 65.2 Å². The summed E-state index contributed by atoms with van der Waals surface area (Å²) in [5.74, 6) is -0.671. The summed E-state index contributed by atoms with van der Waals surface area (Å²) in [6.45, 7) is 0. The van der Waals surface area contributed by atoms with E-state index >= 15 is 0 Å². The molecule has 0 unspecified atom stereocenters. The van der Waals surface area contributed by atoms with Crippen LogP contribution in [0.1, 0.15) is 10.5 Å². The zero-order valence-corrected chi connectivity index (χ0v) is 15.5. The standard InChI is InChI=1S/C18H14FN7OS/c1-28-18-20-10-16(26(18)15-6-2-12(19)3-7-15)17(27)22-13-4-8-14(9-5-13)25-11-21-23-24-25/h2-11H,1H3,(H,22,27). The van der Waals surface area contributed by atoms with E-state index in [0.29, 0.717) is 22.2 Å². The van der Waals surface area contributed by atoms with Crippen molar-refractivity contribution in [2.75, 3.05) is 11.6 Å². The van der Waals surface area contributed by atoms with E-state index in [4.69, 9.17) is 0 Å². The van der Waals surface area contributed by atoms with Crippen LogP contribution in [0, 0.1) is 5.82 Å². The zero-order chi connectivity index (χ0) is 19.5. The number of thioether (sulfide) groups is 1. The molecule has 0 aliphatic rings. The lowest BCUT2D eigenvalue weighted by molar-refractivity contribution is 0.102. The fourth-order valence-electron chi connectivity index (χ4n) is 2.65. The maximum absolute atomic E-state index is 13.3. The fourth-order valence-corrected chi connectivity index (χ4v) is 3.20. The number of imidazole rings is 1. The van der Waals surface area contributed by atoms with Gasteiger partial charge in [0.15, 0.2) is 5.16 Å². The average molecular weight is 395 g/mol. The van der Waals surface area contributed by atoms with Gasteiger partial charge in [-0.25, -0.2) is 14.1 Å². The van der Waals surface area contributed by atoms with E-state index < -0.39 is 0 Å². The second-order valence-corrected chi connectivity index (χ2v) is 6.47. The van der Waals surface area contributed by atoms with Gasteiger partial charge in [-0.15, -0.1) is 5.10 Å². The molecule has 0 aliphatic carbocycles. The molecule has 140 valence electrons. The number of halogens is 1. The van der Waals surface area contributed by atoms with Crippen molar-refractivity contribution >= 4 is 23.4 Å². The topological polar surface area (TPSA) is 90.5 Å². The second kappa shape index (κ2) is 7.61. The fraction of sp³-hybridized carbons (Fsp3) is 0.0556. The minimum atomic E-state index is -0.344. The third-order valence-electron chi connectivity index (χ3n) is 3.97. The Morgan fingerprint density at radius 3 is 2.43 bits per heavy atom. The summed E-state index contributed by atoms with van der Waals surface area (Å²) in [6, 6.07) is 13.0. The van der Waals surface area contributed by atoms with Gasteiger partial charge in [-0.2, -0.15) is 0 Å². The maximum Gasteiger partial charge on any atom is 0.274 e. The van der Waals surface area contributed by atoms with Gasteiger partial charge in [0.1, 0.15) is 17.8 Å². The zero-order valence-electron chi connectivity index (χ0n) is 14.7. The van der Waals surface area contributed by atoms with Crippen molar-refractivity contribution in [3.05, 3.63) is 72.6 Å². The summed E-state index contributed by atoms with van der Waals surface area (Å²) in [4.78, 5) is 17.1. The highest BCUT2D eigenvalue weighted by atomic mass is 32.2. The lowest BCUT2D eigenvalue weighted by Crippen LogP contribution is -2.16. The van der Waals surface area contributed by atoms with Gasteiger partial charge < -0.3 is 5.32 Å². The summed E-state index contributed by atoms with van der Waals surface area (Å²) in [7, 11) is 0. The number of nitrogens with one attached hydrogen (secondary N) is 1. The molecule has 0 aliphatic heterocycles. The van der Waals surface area contributed by atoms with Gasteiger partial charge in [-0.1, -0.05) is 11.8 Å². The van der Waals surface area contributed by atoms with Crippen molar-refractivity contribution in [3.8, 4) is 11.4 Å². The smallest absolute Gasteiger partial charge is 0.274 e. The summed E-state index contributed by atoms with van der Waals surface area (Å²) in [6.07, 6.45) is 4.85. The number of hydrogen-bond acceptors (Lipinski definition) is 6. The van der Waals surface area contributed by atoms with Gasteiger partial charge in [0.25, 0.3) is 5.91 Å². The lowest BCUT2D eigenvalue weighted by atomic mass is 10.2. The average Bonchev–Trinajstić information content (AvgIpc) is 3.39. The van der Waals surface area contributed by atoms with Crippen LogP contribution in [0.3, 0.4) is 0 Å². The number of aromatic nitrogens is 6. The van der Waals surface area contributed by atoms with E-state index in [1.807, 2.05) is 6.26 Å². The lowest BCUT2D eigenvalue weighted by Gasteiger charge is -2.11. The highest BCUT2D eigenvalue weighted by molar-refractivity contribution is 7.98. The van der Waals surface area contributed by atoms with Crippen LogP contribution < -0.4 is 5.32 Å². The van der Waals surface area contributed by atoms with Crippen LogP contribution >= 0.6 is 11.8 Å². The molecule has 2 aromatic carbocycles. The predicted octanol–water partition coefficient (Wildman–Crippen LogP) is 2.96. The minimum Gasteiger partial charge on any atom is -0.321 e. The molecule has 10 heteroatoms. The molecular weight excluding hydrogens is 381 g/mol. The van der Waals surface area contributed by atoms with Crippen molar-refractivity contribution in [3.63, 3.8) is 0 Å². The van der Waals surface area contributed by atoms with Crippen LogP contribution in [-0.4, -0.2) is 41.9 Å². The Hall–Kier alpha value is -3.53. The van der Waals surface area contributed by atoms with E-state index in [-0.39, 0.29) is 11.7 Å². The van der Waals surface area contributed by atoms with Crippen molar-refractivity contribution in [2.45, 2.75) is 5.16 Å². The number of benzene rings is 2. The minimum absolute atomic E-state index is 0.327. The first-order valence-corrected chi connectivity index (χ1v) is 9.40. The molecule has 0 saturated carbocycles. The van der Waals surface area contributed by atoms with Crippen LogP contribution in [0.4, 0.5) is 10.1 Å². The first-order valence-electron chi connectivity index (χ1n) is 8.18. The van der Waals surface area contributed by atoms with E-state index in [0.717, 1.165) is 5.69 Å². The number of tetrazole rings is 1. The van der Waals surface area contributed by atoms with E-state index in [1.165, 1.54) is 41.1 Å². The molecule has 0 radical (unpaired) electrons. The first kappa shape index (κ1) is 17.9. The Bertz CT molecular complexity index is 1090. The Morgan fingerprint density at radius 2 is 1.79 bits per heavy atom. The van der Waals surface area contributed by atoms with E-state index in [9.17, 15) is 9.18 Å². The molecule has 0 bridgehead atoms. The van der Waals surface area contributed by atoms with Crippen molar-refractivity contribution in [2.24, 2.45) is 0 Å². The van der Waals surface area contributed by atoms with Gasteiger partial charge in [0, 0.05) is 11.4 Å². The molecule has 4 rings (SSSR count). The van der Waals surface area contributed by atoms with Gasteiger partial charge in [0.05, 0.1) is 11.9 Å². The van der Waals surface area contributed by atoms with Crippen molar-refractivity contribution in [1.29, 1.82) is 0 Å². The molecule has 0 saturated heterocycles. The third kappa shape index (κ3) is 3.49. The summed E-state index contributed by atoms with van der Waals surface area (Å²) in [5, 5.41) is 14.5. The quantitative estimate of drug-likeness (QED) is 0.523. The SMILES string of the molecule is CSc1ncc(C(=O)Nc2ccc(-n3cnnn3)cc2)n1-c1ccc(F)cc1. The highest BCUT2D eigenvalue weighted by Crippen LogP contribution is 2.23. The molecular formula is C18H14FN7OS. The Labute approximate surface area is 163 Å². The molecule has 0 atom stereocenters.